The fraction of sp³-hybridized carbons (Fsp3) is 0.571. The van der Waals surface area contributed by atoms with Crippen LogP contribution in [0.5, 0.6) is 5.88 Å². The molecular weight excluding hydrogens is 370 g/mol. The molecule has 138 valence electrons. The fourth-order valence-electron chi connectivity index (χ4n) is 2.30. The van der Waals surface area contributed by atoms with Gasteiger partial charge in [0.1, 0.15) is 5.56 Å². The summed E-state index contributed by atoms with van der Waals surface area (Å²) in [7, 11) is 0. The Hall–Kier alpha value is -1.25. The molecule has 24 heavy (non-hydrogen) atoms. The molecule has 1 amide bonds. The Bertz CT molecular complexity index is 532. The third-order valence-electron chi connectivity index (χ3n) is 3.49. The number of piperidine rings is 1. The topological polar surface area (TPSA) is 63.2 Å². The summed E-state index contributed by atoms with van der Waals surface area (Å²) in [4.78, 5) is 16.0. The summed E-state index contributed by atoms with van der Waals surface area (Å²) in [5.41, 5.74) is 0.0116. The number of aromatic nitrogens is 1. The van der Waals surface area contributed by atoms with Gasteiger partial charge in [-0.2, -0.15) is 13.2 Å². The Morgan fingerprint density at radius 1 is 1.46 bits per heavy atom. The van der Waals surface area contributed by atoms with Crippen LogP contribution in [0.25, 0.3) is 0 Å². The molecule has 1 aliphatic rings. The number of pyridine rings is 1. The van der Waals surface area contributed by atoms with Crippen molar-refractivity contribution in [3.63, 3.8) is 0 Å². The van der Waals surface area contributed by atoms with Crippen molar-refractivity contribution in [3.8, 4) is 5.88 Å². The van der Waals surface area contributed by atoms with Crippen LogP contribution in [0.1, 0.15) is 23.7 Å². The smallest absolute Gasteiger partial charge is 0.422 e. The minimum Gasteiger partial charge on any atom is -0.467 e. The standard InChI is InChI=1S/C14H18F3N3O2.2ClH/c1-9-7-18-6-4-11(9)20-12(21)10-3-2-5-19-13(10)22-8-14(15,16)17;;/h2-3,5,9,11,18H,4,6-8H2,1H3,(H,20,21);2*1H. The Kier molecular flexibility index (Phi) is 9.39. The van der Waals surface area contributed by atoms with E-state index in [-0.39, 0.29) is 48.2 Å². The monoisotopic (exact) mass is 389 g/mol. The van der Waals surface area contributed by atoms with Gasteiger partial charge in [-0.15, -0.1) is 24.8 Å². The van der Waals surface area contributed by atoms with E-state index in [1.165, 1.54) is 18.3 Å². The molecule has 10 heteroatoms. The largest absolute Gasteiger partial charge is 0.467 e. The first kappa shape index (κ1) is 22.8. The summed E-state index contributed by atoms with van der Waals surface area (Å²) in [5, 5.41) is 6.05. The molecule has 5 nitrogen and oxygen atoms in total. The van der Waals surface area contributed by atoms with Gasteiger partial charge in [-0.25, -0.2) is 4.98 Å². The number of alkyl halides is 3. The van der Waals surface area contributed by atoms with Crippen molar-refractivity contribution in [2.75, 3.05) is 19.7 Å². The van der Waals surface area contributed by atoms with E-state index < -0.39 is 18.7 Å². The van der Waals surface area contributed by atoms with Crippen molar-refractivity contribution < 1.29 is 22.7 Å². The molecular formula is C14H20Cl2F3N3O2. The molecule has 2 rings (SSSR count). The molecule has 1 aromatic heterocycles. The molecule has 2 unspecified atom stereocenters. The Morgan fingerprint density at radius 3 is 2.79 bits per heavy atom. The summed E-state index contributed by atoms with van der Waals surface area (Å²) in [6.07, 6.45) is -2.42. The van der Waals surface area contributed by atoms with Crippen molar-refractivity contribution in [2.24, 2.45) is 5.92 Å². The number of carbonyl (C=O) groups excluding carboxylic acids is 1. The van der Waals surface area contributed by atoms with E-state index in [2.05, 4.69) is 20.4 Å². The second-order valence-electron chi connectivity index (χ2n) is 5.31. The SMILES string of the molecule is CC1CNCCC1NC(=O)c1cccnc1OCC(F)(F)F.Cl.Cl. The van der Waals surface area contributed by atoms with E-state index in [0.29, 0.717) is 0 Å². The highest BCUT2D eigenvalue weighted by atomic mass is 35.5. The van der Waals surface area contributed by atoms with E-state index in [4.69, 9.17) is 0 Å². The number of ether oxygens (including phenoxy) is 1. The molecule has 0 radical (unpaired) electrons. The van der Waals surface area contributed by atoms with E-state index >= 15 is 0 Å². The van der Waals surface area contributed by atoms with Crippen LogP contribution in [0.2, 0.25) is 0 Å². The number of nitrogens with one attached hydrogen (secondary N) is 2. The number of hydrogen-bond acceptors (Lipinski definition) is 4. The lowest BCUT2D eigenvalue weighted by atomic mass is 9.95. The van der Waals surface area contributed by atoms with Crippen molar-refractivity contribution in [1.29, 1.82) is 0 Å². The third-order valence-corrected chi connectivity index (χ3v) is 3.49. The maximum Gasteiger partial charge on any atom is 0.422 e. The van der Waals surface area contributed by atoms with E-state index in [9.17, 15) is 18.0 Å². The van der Waals surface area contributed by atoms with Gasteiger partial charge in [0.05, 0.1) is 0 Å². The van der Waals surface area contributed by atoms with Crippen molar-refractivity contribution in [1.82, 2.24) is 15.6 Å². The van der Waals surface area contributed by atoms with Crippen molar-refractivity contribution in [2.45, 2.75) is 25.6 Å². The van der Waals surface area contributed by atoms with E-state index in [0.717, 1.165) is 19.5 Å². The van der Waals surface area contributed by atoms with Crippen molar-refractivity contribution >= 4 is 30.7 Å². The van der Waals surface area contributed by atoms with Gasteiger partial charge < -0.3 is 15.4 Å². The zero-order chi connectivity index (χ0) is 16.2. The molecule has 2 atom stereocenters. The van der Waals surface area contributed by atoms with Crippen LogP contribution in [-0.4, -0.2) is 42.8 Å². The molecule has 2 N–H and O–H groups in total. The first-order valence-corrected chi connectivity index (χ1v) is 7.03. The van der Waals surface area contributed by atoms with Crippen LogP contribution in [-0.2, 0) is 0 Å². The lowest BCUT2D eigenvalue weighted by Gasteiger charge is -2.30. The Morgan fingerprint density at radius 2 is 2.17 bits per heavy atom. The predicted molar refractivity (Wildman–Crippen MR) is 88.2 cm³/mol. The van der Waals surface area contributed by atoms with Gasteiger partial charge in [-0.3, -0.25) is 4.79 Å². The summed E-state index contributed by atoms with van der Waals surface area (Å²) >= 11 is 0. The number of amides is 1. The first-order chi connectivity index (χ1) is 10.4. The zero-order valence-corrected chi connectivity index (χ0v) is 14.6. The highest BCUT2D eigenvalue weighted by Crippen LogP contribution is 2.20. The second kappa shape index (κ2) is 9.90. The van der Waals surface area contributed by atoms with Crippen LogP contribution in [0.3, 0.4) is 0 Å². The molecule has 0 aromatic carbocycles. The van der Waals surface area contributed by atoms with Crippen LogP contribution in [0.4, 0.5) is 13.2 Å². The molecule has 0 bridgehead atoms. The number of carbonyl (C=O) groups is 1. The minimum atomic E-state index is -4.48. The number of nitrogens with zero attached hydrogens (tertiary/aromatic N) is 1. The molecule has 0 aliphatic carbocycles. The predicted octanol–water partition coefficient (Wildman–Crippen LogP) is 2.59. The van der Waals surface area contributed by atoms with Gasteiger partial charge in [0.25, 0.3) is 5.91 Å². The van der Waals surface area contributed by atoms with Gasteiger partial charge in [-0.05, 0) is 37.6 Å². The fourth-order valence-corrected chi connectivity index (χ4v) is 2.30. The van der Waals surface area contributed by atoms with Gasteiger partial charge in [0.15, 0.2) is 6.61 Å². The number of rotatable bonds is 4. The third kappa shape index (κ3) is 6.70. The van der Waals surface area contributed by atoms with Gasteiger partial charge in [-0.1, -0.05) is 6.92 Å². The average Bonchev–Trinajstić information content (AvgIpc) is 2.47. The first-order valence-electron chi connectivity index (χ1n) is 7.03. The lowest BCUT2D eigenvalue weighted by molar-refractivity contribution is -0.154. The Balaban J connectivity index is 0.00000264. The quantitative estimate of drug-likeness (QED) is 0.830. The minimum absolute atomic E-state index is 0. The zero-order valence-electron chi connectivity index (χ0n) is 12.9. The summed E-state index contributed by atoms with van der Waals surface area (Å²) in [6, 6.07) is 2.87. The van der Waals surface area contributed by atoms with Gasteiger partial charge in [0.2, 0.25) is 5.88 Å². The maximum atomic E-state index is 12.3. The highest BCUT2D eigenvalue weighted by Gasteiger charge is 2.30. The highest BCUT2D eigenvalue weighted by molar-refractivity contribution is 5.96. The Labute approximate surface area is 150 Å². The second-order valence-corrected chi connectivity index (χ2v) is 5.31. The average molecular weight is 390 g/mol. The summed E-state index contributed by atoms with van der Waals surface area (Å²) in [6.45, 7) is 2.10. The maximum absolute atomic E-state index is 12.3. The van der Waals surface area contributed by atoms with Crippen LogP contribution in [0.15, 0.2) is 18.3 Å². The van der Waals surface area contributed by atoms with E-state index in [1.807, 2.05) is 6.92 Å². The van der Waals surface area contributed by atoms with Crippen LogP contribution < -0.4 is 15.4 Å². The van der Waals surface area contributed by atoms with Crippen LogP contribution in [0, 0.1) is 5.92 Å². The summed E-state index contributed by atoms with van der Waals surface area (Å²) < 4.78 is 41.3. The van der Waals surface area contributed by atoms with Crippen LogP contribution >= 0.6 is 24.8 Å². The molecule has 0 saturated carbocycles. The molecule has 1 aromatic rings. The van der Waals surface area contributed by atoms with Gasteiger partial charge >= 0.3 is 6.18 Å². The molecule has 0 spiro atoms. The molecule has 1 saturated heterocycles. The van der Waals surface area contributed by atoms with Crippen molar-refractivity contribution in [3.05, 3.63) is 23.9 Å². The number of halogens is 5. The van der Waals surface area contributed by atoms with E-state index in [1.54, 1.807) is 0 Å². The number of hydrogen-bond donors (Lipinski definition) is 2. The molecule has 1 aliphatic heterocycles. The normalized spacial score (nSPS) is 20.3. The molecule has 1 fully saturated rings. The summed E-state index contributed by atoms with van der Waals surface area (Å²) in [5.74, 6) is -0.531. The lowest BCUT2D eigenvalue weighted by Crippen LogP contribution is -2.48. The molecule has 2 heterocycles. The van der Waals surface area contributed by atoms with Gasteiger partial charge in [0, 0.05) is 12.2 Å².